The van der Waals surface area contributed by atoms with E-state index in [4.69, 9.17) is 4.74 Å². The first-order valence-electron chi connectivity index (χ1n) is 10.8. The zero-order valence-electron chi connectivity index (χ0n) is 18.8. The summed E-state index contributed by atoms with van der Waals surface area (Å²) in [6.45, 7) is 4.31. The predicted molar refractivity (Wildman–Crippen MR) is 134 cm³/mol. The van der Waals surface area contributed by atoms with Gasteiger partial charge in [-0.3, -0.25) is 19.7 Å². The fourth-order valence-electron chi connectivity index (χ4n) is 3.16. The lowest BCUT2D eigenvalue weighted by Gasteiger charge is -2.17. The zero-order chi connectivity index (χ0) is 24.5. The number of thioether (sulfide) groups is 1. The molecule has 34 heavy (non-hydrogen) atoms. The number of ether oxygens (including phenoxy) is 1. The molecule has 3 aromatic carbocycles. The fraction of sp³-hybridized carbons (Fsp3) is 0.200. The van der Waals surface area contributed by atoms with E-state index in [0.29, 0.717) is 30.2 Å². The number of nitro groups is 1. The van der Waals surface area contributed by atoms with Crippen LogP contribution in [0.1, 0.15) is 30.6 Å². The number of hydrogen-bond acceptors (Lipinski definition) is 6. The lowest BCUT2D eigenvalue weighted by molar-refractivity contribution is -0.384. The first-order chi connectivity index (χ1) is 16.4. The second-order valence-corrected chi connectivity index (χ2v) is 8.50. The van der Waals surface area contributed by atoms with Gasteiger partial charge in [-0.05, 0) is 49.7 Å². The third-order valence-corrected chi connectivity index (χ3v) is 6.16. The van der Waals surface area contributed by atoms with Crippen LogP contribution < -0.4 is 15.4 Å². The third kappa shape index (κ3) is 6.58. The molecule has 0 aromatic heterocycles. The van der Waals surface area contributed by atoms with Gasteiger partial charge in [0.05, 0.1) is 22.5 Å². The van der Waals surface area contributed by atoms with Crippen molar-refractivity contribution < 1.29 is 19.2 Å². The average molecular weight is 480 g/mol. The fourth-order valence-corrected chi connectivity index (χ4v) is 4.18. The van der Waals surface area contributed by atoms with Gasteiger partial charge in [0.1, 0.15) is 5.75 Å². The van der Waals surface area contributed by atoms with Crippen LogP contribution in [0.5, 0.6) is 5.75 Å². The Balaban J connectivity index is 1.69. The van der Waals surface area contributed by atoms with Crippen LogP contribution in [-0.4, -0.2) is 28.6 Å². The van der Waals surface area contributed by atoms with Crippen LogP contribution in [0.15, 0.2) is 77.7 Å². The van der Waals surface area contributed by atoms with Crippen molar-refractivity contribution in [1.82, 2.24) is 0 Å². The van der Waals surface area contributed by atoms with Crippen molar-refractivity contribution in [3.8, 4) is 5.75 Å². The third-order valence-electron chi connectivity index (χ3n) is 4.80. The van der Waals surface area contributed by atoms with Gasteiger partial charge in [-0.25, -0.2) is 0 Å². The molecule has 0 saturated heterocycles. The van der Waals surface area contributed by atoms with E-state index in [1.807, 2.05) is 32.0 Å². The van der Waals surface area contributed by atoms with Crippen LogP contribution in [0.4, 0.5) is 17.1 Å². The summed E-state index contributed by atoms with van der Waals surface area (Å²) in [5, 5.41) is 16.3. The van der Waals surface area contributed by atoms with Gasteiger partial charge in [0.25, 0.3) is 11.6 Å². The Hall–Kier alpha value is -3.85. The molecule has 2 amide bonds. The van der Waals surface area contributed by atoms with Gasteiger partial charge in [0.15, 0.2) is 0 Å². The smallest absolute Gasteiger partial charge is 0.270 e. The number of non-ortho nitro benzene ring substituents is 1. The minimum absolute atomic E-state index is 0.148. The summed E-state index contributed by atoms with van der Waals surface area (Å²) < 4.78 is 5.58. The van der Waals surface area contributed by atoms with Gasteiger partial charge in [-0.15, -0.1) is 11.8 Å². The van der Waals surface area contributed by atoms with Crippen LogP contribution in [0, 0.1) is 10.1 Å². The molecule has 9 heteroatoms. The van der Waals surface area contributed by atoms with E-state index in [1.54, 1.807) is 30.3 Å². The van der Waals surface area contributed by atoms with E-state index < -0.39 is 10.8 Å². The van der Waals surface area contributed by atoms with Gasteiger partial charge >= 0.3 is 0 Å². The maximum atomic E-state index is 12.9. The van der Waals surface area contributed by atoms with Crippen LogP contribution in [0.3, 0.4) is 0 Å². The van der Waals surface area contributed by atoms with Gasteiger partial charge in [-0.2, -0.15) is 0 Å². The van der Waals surface area contributed by atoms with E-state index in [9.17, 15) is 19.7 Å². The predicted octanol–water partition coefficient (Wildman–Crippen LogP) is 5.76. The quantitative estimate of drug-likeness (QED) is 0.217. The Kier molecular flexibility index (Phi) is 8.64. The molecule has 2 N–H and O–H groups in total. The summed E-state index contributed by atoms with van der Waals surface area (Å²) in [5.74, 6) is 0.0120. The number of carbonyl (C=O) groups is 2. The summed E-state index contributed by atoms with van der Waals surface area (Å²) in [5.41, 5.74) is 1.18. The Morgan fingerprint density at radius 2 is 1.76 bits per heavy atom. The lowest BCUT2D eigenvalue weighted by atomic mass is 10.2. The zero-order valence-corrected chi connectivity index (χ0v) is 19.6. The van der Waals surface area contributed by atoms with Crippen molar-refractivity contribution in [2.45, 2.75) is 30.4 Å². The summed E-state index contributed by atoms with van der Waals surface area (Å²) in [6.07, 6.45) is 0.595. The molecule has 1 unspecified atom stereocenters. The van der Waals surface area contributed by atoms with E-state index in [1.165, 1.54) is 36.0 Å². The normalized spacial score (nSPS) is 11.4. The molecule has 0 saturated carbocycles. The number of carbonyl (C=O) groups excluding carboxylic acids is 2. The molecule has 0 aliphatic rings. The van der Waals surface area contributed by atoms with Gasteiger partial charge in [0.2, 0.25) is 5.91 Å². The second kappa shape index (κ2) is 11.9. The highest BCUT2D eigenvalue weighted by Crippen LogP contribution is 2.30. The second-order valence-electron chi connectivity index (χ2n) is 7.22. The summed E-state index contributed by atoms with van der Waals surface area (Å²) >= 11 is 1.39. The molecular formula is C25H25N3O5S. The van der Waals surface area contributed by atoms with Crippen molar-refractivity contribution >= 4 is 40.6 Å². The number of benzene rings is 3. The molecule has 0 spiro atoms. The Labute approximate surface area is 201 Å². The van der Waals surface area contributed by atoms with Crippen LogP contribution in [-0.2, 0) is 4.79 Å². The molecule has 0 bridgehead atoms. The van der Waals surface area contributed by atoms with Crippen LogP contribution in [0.2, 0.25) is 0 Å². The van der Waals surface area contributed by atoms with Crippen molar-refractivity contribution in [3.05, 3.63) is 88.5 Å². The molecule has 3 aromatic rings. The van der Waals surface area contributed by atoms with E-state index in [0.717, 1.165) is 4.90 Å². The van der Waals surface area contributed by atoms with Crippen molar-refractivity contribution in [2.75, 3.05) is 17.2 Å². The Morgan fingerprint density at radius 1 is 1.00 bits per heavy atom. The molecular weight excluding hydrogens is 454 g/mol. The number of nitrogens with zero attached hydrogens (tertiary/aromatic N) is 1. The summed E-state index contributed by atoms with van der Waals surface area (Å²) in [6, 6.07) is 19.9. The van der Waals surface area contributed by atoms with Crippen LogP contribution >= 0.6 is 11.8 Å². The maximum absolute atomic E-state index is 12.9. The first kappa shape index (κ1) is 24.8. The van der Waals surface area contributed by atoms with Gasteiger partial charge < -0.3 is 15.4 Å². The van der Waals surface area contributed by atoms with E-state index in [-0.39, 0.29) is 22.4 Å². The number of rotatable bonds is 10. The minimum atomic E-state index is -0.545. The summed E-state index contributed by atoms with van der Waals surface area (Å²) in [7, 11) is 0. The molecule has 0 heterocycles. The van der Waals surface area contributed by atoms with Crippen molar-refractivity contribution in [1.29, 1.82) is 0 Å². The lowest BCUT2D eigenvalue weighted by Crippen LogP contribution is -2.24. The largest absolute Gasteiger partial charge is 0.492 e. The molecule has 1 atom stereocenters. The van der Waals surface area contributed by atoms with Crippen LogP contribution in [0.25, 0.3) is 0 Å². The Bertz CT molecular complexity index is 1180. The molecule has 0 aliphatic heterocycles. The molecule has 3 rings (SSSR count). The number of nitrogens with one attached hydrogen (secondary N) is 2. The highest BCUT2D eigenvalue weighted by atomic mass is 32.2. The SMILES string of the molecule is CCOc1ccccc1NC(=O)C(CC)Sc1cccc(NC(=O)c2cccc([N+](=O)[O-])c2)c1. The molecule has 0 radical (unpaired) electrons. The molecule has 0 aliphatic carbocycles. The molecule has 176 valence electrons. The van der Waals surface area contributed by atoms with Gasteiger partial charge in [0, 0.05) is 28.3 Å². The highest BCUT2D eigenvalue weighted by molar-refractivity contribution is 8.00. The average Bonchev–Trinajstić information content (AvgIpc) is 2.84. The molecule has 0 fully saturated rings. The maximum Gasteiger partial charge on any atom is 0.270 e. The Morgan fingerprint density at radius 3 is 2.50 bits per heavy atom. The van der Waals surface area contributed by atoms with Crippen molar-refractivity contribution in [2.24, 2.45) is 0 Å². The molecule has 8 nitrogen and oxygen atoms in total. The standard InChI is InChI=1S/C25H25N3O5S/c1-3-23(25(30)27-21-13-5-6-14-22(21)33-4-2)34-20-12-8-10-18(16-20)26-24(29)17-9-7-11-19(15-17)28(31)32/h5-16,23H,3-4H2,1-2H3,(H,26,29)(H,27,30). The highest BCUT2D eigenvalue weighted by Gasteiger charge is 2.20. The monoisotopic (exact) mass is 479 g/mol. The number of amides is 2. The van der Waals surface area contributed by atoms with E-state index >= 15 is 0 Å². The number of anilines is 2. The number of para-hydroxylation sites is 2. The van der Waals surface area contributed by atoms with Gasteiger partial charge in [-0.1, -0.05) is 31.2 Å². The minimum Gasteiger partial charge on any atom is -0.492 e. The van der Waals surface area contributed by atoms with Crippen molar-refractivity contribution in [3.63, 3.8) is 0 Å². The number of nitro benzene ring substituents is 1. The topological polar surface area (TPSA) is 111 Å². The summed E-state index contributed by atoms with van der Waals surface area (Å²) in [4.78, 5) is 36.7. The first-order valence-corrected chi connectivity index (χ1v) is 11.6. The van der Waals surface area contributed by atoms with E-state index in [2.05, 4.69) is 10.6 Å². The number of hydrogen-bond donors (Lipinski definition) is 2.